The van der Waals surface area contributed by atoms with E-state index >= 15 is 0 Å². The maximum Gasteiger partial charge on any atom is 0.118 e. The van der Waals surface area contributed by atoms with Crippen molar-refractivity contribution in [2.75, 3.05) is 39.2 Å². The SMILES string of the molecule is CCOCCNCCSc1ccc(OC)cc1. The lowest BCUT2D eigenvalue weighted by atomic mass is 10.3. The Labute approximate surface area is 108 Å². The molecule has 17 heavy (non-hydrogen) atoms. The van der Waals surface area contributed by atoms with Gasteiger partial charge >= 0.3 is 0 Å². The summed E-state index contributed by atoms with van der Waals surface area (Å²) in [6.07, 6.45) is 0. The van der Waals surface area contributed by atoms with Crippen LogP contribution >= 0.6 is 11.8 Å². The van der Waals surface area contributed by atoms with Gasteiger partial charge in [-0.25, -0.2) is 0 Å². The van der Waals surface area contributed by atoms with Gasteiger partial charge in [-0.3, -0.25) is 0 Å². The van der Waals surface area contributed by atoms with E-state index < -0.39 is 0 Å². The van der Waals surface area contributed by atoms with Crippen molar-refractivity contribution in [3.05, 3.63) is 24.3 Å². The molecule has 1 N–H and O–H groups in total. The van der Waals surface area contributed by atoms with Gasteiger partial charge in [0.15, 0.2) is 0 Å². The molecular weight excluding hydrogens is 234 g/mol. The number of hydrogen-bond acceptors (Lipinski definition) is 4. The van der Waals surface area contributed by atoms with Crippen LogP contribution in [-0.2, 0) is 4.74 Å². The molecule has 96 valence electrons. The fourth-order valence-corrected chi connectivity index (χ4v) is 2.14. The second-order valence-corrected chi connectivity index (χ2v) is 4.64. The molecule has 0 amide bonds. The second kappa shape index (κ2) is 9.33. The van der Waals surface area contributed by atoms with E-state index in [1.165, 1.54) is 4.90 Å². The van der Waals surface area contributed by atoms with Gasteiger partial charge in [-0.15, -0.1) is 11.8 Å². The highest BCUT2D eigenvalue weighted by Gasteiger charge is 1.95. The number of thioether (sulfide) groups is 1. The van der Waals surface area contributed by atoms with E-state index in [-0.39, 0.29) is 0 Å². The summed E-state index contributed by atoms with van der Waals surface area (Å²) >= 11 is 1.84. The first kappa shape index (κ1) is 14.4. The van der Waals surface area contributed by atoms with Gasteiger partial charge < -0.3 is 14.8 Å². The van der Waals surface area contributed by atoms with Crippen LogP contribution in [0.25, 0.3) is 0 Å². The topological polar surface area (TPSA) is 30.5 Å². The lowest BCUT2D eigenvalue weighted by Crippen LogP contribution is -2.22. The molecule has 3 nitrogen and oxygen atoms in total. The molecule has 0 aliphatic rings. The Morgan fingerprint density at radius 3 is 2.59 bits per heavy atom. The molecule has 0 fully saturated rings. The van der Waals surface area contributed by atoms with Crippen molar-refractivity contribution in [2.45, 2.75) is 11.8 Å². The van der Waals surface area contributed by atoms with Gasteiger partial charge in [0, 0.05) is 30.3 Å². The van der Waals surface area contributed by atoms with Crippen molar-refractivity contribution in [3.63, 3.8) is 0 Å². The minimum absolute atomic E-state index is 0.794. The largest absolute Gasteiger partial charge is 0.497 e. The summed E-state index contributed by atoms with van der Waals surface area (Å²) in [5, 5.41) is 3.34. The Hall–Kier alpha value is -0.710. The molecule has 0 saturated heterocycles. The minimum Gasteiger partial charge on any atom is -0.497 e. The van der Waals surface area contributed by atoms with Gasteiger partial charge in [0.25, 0.3) is 0 Å². The van der Waals surface area contributed by atoms with E-state index in [2.05, 4.69) is 17.4 Å². The Morgan fingerprint density at radius 2 is 1.94 bits per heavy atom. The predicted octanol–water partition coefficient (Wildman–Crippen LogP) is 2.41. The van der Waals surface area contributed by atoms with Gasteiger partial charge in [-0.05, 0) is 31.2 Å². The molecule has 0 spiro atoms. The standard InChI is InChI=1S/C13H21NO2S/c1-3-16-10-8-14-9-11-17-13-6-4-12(15-2)5-7-13/h4-7,14H,3,8-11H2,1-2H3. The Kier molecular flexibility index (Phi) is 7.88. The zero-order valence-electron chi connectivity index (χ0n) is 10.6. The van der Waals surface area contributed by atoms with E-state index in [9.17, 15) is 0 Å². The lowest BCUT2D eigenvalue weighted by molar-refractivity contribution is 0.150. The van der Waals surface area contributed by atoms with E-state index in [0.29, 0.717) is 0 Å². The molecule has 1 aromatic carbocycles. The quantitative estimate of drug-likeness (QED) is 0.542. The number of methoxy groups -OCH3 is 1. The summed E-state index contributed by atoms with van der Waals surface area (Å²) in [6, 6.07) is 8.16. The van der Waals surface area contributed by atoms with Crippen LogP contribution in [0.1, 0.15) is 6.92 Å². The maximum atomic E-state index is 5.24. The molecule has 0 heterocycles. The van der Waals surface area contributed by atoms with Crippen molar-refractivity contribution in [2.24, 2.45) is 0 Å². The first-order chi connectivity index (χ1) is 8.36. The zero-order valence-corrected chi connectivity index (χ0v) is 11.4. The number of hydrogen-bond donors (Lipinski definition) is 1. The highest BCUT2D eigenvalue weighted by atomic mass is 32.2. The molecule has 4 heteroatoms. The van der Waals surface area contributed by atoms with Gasteiger partial charge in [0.05, 0.1) is 13.7 Å². The summed E-state index contributed by atoms with van der Waals surface area (Å²) in [6.45, 7) is 5.53. The lowest BCUT2D eigenvalue weighted by Gasteiger charge is -2.05. The summed E-state index contributed by atoms with van der Waals surface area (Å²) in [5.74, 6) is 1.97. The maximum absolute atomic E-state index is 5.24. The fraction of sp³-hybridized carbons (Fsp3) is 0.538. The molecule has 0 radical (unpaired) electrons. The van der Waals surface area contributed by atoms with Crippen molar-refractivity contribution >= 4 is 11.8 Å². The van der Waals surface area contributed by atoms with Crippen LogP contribution in [0, 0.1) is 0 Å². The number of rotatable bonds is 9. The third kappa shape index (κ3) is 6.56. The molecule has 1 rings (SSSR count). The second-order valence-electron chi connectivity index (χ2n) is 3.47. The Balaban J connectivity index is 2.05. The van der Waals surface area contributed by atoms with Crippen LogP contribution in [0.15, 0.2) is 29.2 Å². The Morgan fingerprint density at radius 1 is 1.18 bits per heavy atom. The van der Waals surface area contributed by atoms with E-state index in [0.717, 1.165) is 37.8 Å². The van der Waals surface area contributed by atoms with E-state index in [4.69, 9.17) is 9.47 Å². The van der Waals surface area contributed by atoms with Gasteiger partial charge in [-0.1, -0.05) is 0 Å². The van der Waals surface area contributed by atoms with Crippen LogP contribution in [-0.4, -0.2) is 39.2 Å². The highest BCUT2D eigenvalue weighted by Crippen LogP contribution is 2.20. The molecule has 0 aliphatic heterocycles. The first-order valence-electron chi connectivity index (χ1n) is 5.92. The molecule has 0 atom stereocenters. The molecule has 0 saturated carbocycles. The minimum atomic E-state index is 0.794. The van der Waals surface area contributed by atoms with E-state index in [1.807, 2.05) is 30.8 Å². The predicted molar refractivity (Wildman–Crippen MR) is 73.1 cm³/mol. The van der Waals surface area contributed by atoms with Gasteiger partial charge in [-0.2, -0.15) is 0 Å². The molecule has 0 bridgehead atoms. The zero-order chi connectivity index (χ0) is 12.3. The van der Waals surface area contributed by atoms with Crippen molar-refractivity contribution in [1.82, 2.24) is 5.32 Å². The summed E-state index contributed by atoms with van der Waals surface area (Å²) in [4.78, 5) is 1.28. The summed E-state index contributed by atoms with van der Waals surface area (Å²) < 4.78 is 10.4. The number of nitrogens with one attached hydrogen (secondary N) is 1. The molecular formula is C13H21NO2S. The average Bonchev–Trinajstić information content (AvgIpc) is 2.38. The van der Waals surface area contributed by atoms with Crippen molar-refractivity contribution in [3.8, 4) is 5.75 Å². The third-order valence-corrected chi connectivity index (χ3v) is 3.25. The molecule has 1 aromatic rings. The highest BCUT2D eigenvalue weighted by molar-refractivity contribution is 7.99. The molecule has 0 aromatic heterocycles. The van der Waals surface area contributed by atoms with Gasteiger partial charge in [0.2, 0.25) is 0 Å². The van der Waals surface area contributed by atoms with Gasteiger partial charge in [0.1, 0.15) is 5.75 Å². The van der Waals surface area contributed by atoms with Crippen LogP contribution in [0.4, 0.5) is 0 Å². The summed E-state index contributed by atoms with van der Waals surface area (Å²) in [5.41, 5.74) is 0. The van der Waals surface area contributed by atoms with Crippen LogP contribution in [0.2, 0.25) is 0 Å². The first-order valence-corrected chi connectivity index (χ1v) is 6.90. The molecule has 0 unspecified atom stereocenters. The van der Waals surface area contributed by atoms with Crippen molar-refractivity contribution in [1.29, 1.82) is 0 Å². The smallest absolute Gasteiger partial charge is 0.118 e. The van der Waals surface area contributed by atoms with Crippen LogP contribution in [0.5, 0.6) is 5.75 Å². The molecule has 0 aliphatic carbocycles. The number of benzene rings is 1. The average molecular weight is 255 g/mol. The van der Waals surface area contributed by atoms with Crippen molar-refractivity contribution < 1.29 is 9.47 Å². The van der Waals surface area contributed by atoms with Crippen LogP contribution in [0.3, 0.4) is 0 Å². The Bertz CT molecular complexity index is 290. The fourth-order valence-electron chi connectivity index (χ4n) is 1.33. The van der Waals surface area contributed by atoms with Crippen LogP contribution < -0.4 is 10.1 Å². The normalized spacial score (nSPS) is 10.5. The summed E-state index contributed by atoms with van der Waals surface area (Å²) in [7, 11) is 1.68. The monoisotopic (exact) mass is 255 g/mol. The van der Waals surface area contributed by atoms with E-state index in [1.54, 1.807) is 7.11 Å². The third-order valence-electron chi connectivity index (χ3n) is 2.23. The number of ether oxygens (including phenoxy) is 2.